The molecule has 1 fully saturated rings. The minimum Gasteiger partial charge on any atom is -0.478 e. The largest absolute Gasteiger partial charge is 0.478 e. The van der Waals surface area contributed by atoms with Crippen molar-refractivity contribution in [1.82, 2.24) is 4.98 Å². The van der Waals surface area contributed by atoms with E-state index in [1.807, 2.05) is 30.5 Å². The molecule has 2 aromatic rings. The predicted molar refractivity (Wildman–Crippen MR) is 97.2 cm³/mol. The van der Waals surface area contributed by atoms with Gasteiger partial charge in [0.25, 0.3) is 0 Å². The van der Waals surface area contributed by atoms with E-state index in [2.05, 4.69) is 22.0 Å². The second kappa shape index (κ2) is 7.13. The Morgan fingerprint density at radius 3 is 2.64 bits per heavy atom. The van der Waals surface area contributed by atoms with E-state index in [1.54, 1.807) is 20.0 Å². The number of aromatic nitrogens is 1. The van der Waals surface area contributed by atoms with E-state index in [4.69, 9.17) is 4.74 Å². The van der Waals surface area contributed by atoms with Gasteiger partial charge in [-0.05, 0) is 62.4 Å². The van der Waals surface area contributed by atoms with Crippen molar-refractivity contribution in [3.63, 3.8) is 0 Å². The lowest BCUT2D eigenvalue weighted by molar-refractivity contribution is -0.152. The van der Waals surface area contributed by atoms with Crippen LogP contribution in [0.25, 0.3) is 0 Å². The summed E-state index contributed by atoms with van der Waals surface area (Å²) >= 11 is 0. The molecule has 0 atom stereocenters. The third-order valence-corrected chi connectivity index (χ3v) is 4.72. The van der Waals surface area contributed by atoms with Gasteiger partial charge in [-0.15, -0.1) is 0 Å². The Labute approximate surface area is 148 Å². The summed E-state index contributed by atoms with van der Waals surface area (Å²) in [6.45, 7) is 5.10. The second-order valence-electron chi connectivity index (χ2n) is 6.96. The van der Waals surface area contributed by atoms with E-state index in [-0.39, 0.29) is 0 Å². The van der Waals surface area contributed by atoms with Crippen molar-refractivity contribution in [2.75, 3.05) is 18.0 Å². The maximum absolute atomic E-state index is 11.2. The summed E-state index contributed by atoms with van der Waals surface area (Å²) in [4.78, 5) is 17.8. The molecule has 0 spiro atoms. The fraction of sp³-hybridized carbons (Fsp3) is 0.400. The monoisotopic (exact) mass is 340 g/mol. The fourth-order valence-electron chi connectivity index (χ4n) is 3.18. The summed E-state index contributed by atoms with van der Waals surface area (Å²) in [5, 5.41) is 9.22. The number of aliphatic carboxylic acids is 1. The van der Waals surface area contributed by atoms with Crippen LogP contribution >= 0.6 is 0 Å². The van der Waals surface area contributed by atoms with Crippen molar-refractivity contribution in [1.29, 1.82) is 0 Å². The molecule has 0 aliphatic carbocycles. The minimum atomic E-state index is -1.23. The SMILES string of the molecule is CC(C)(Oc1cccc(C2CCN(c3cccnc3)CC2)c1)C(=O)O. The number of anilines is 1. The van der Waals surface area contributed by atoms with E-state index in [9.17, 15) is 9.90 Å². The summed E-state index contributed by atoms with van der Waals surface area (Å²) < 4.78 is 5.67. The van der Waals surface area contributed by atoms with Crippen LogP contribution in [0, 0.1) is 0 Å². The first-order chi connectivity index (χ1) is 12.0. The summed E-state index contributed by atoms with van der Waals surface area (Å²) in [7, 11) is 0. The molecule has 0 amide bonds. The van der Waals surface area contributed by atoms with E-state index in [1.165, 1.54) is 11.3 Å². The molecule has 1 saturated heterocycles. The highest BCUT2D eigenvalue weighted by Crippen LogP contribution is 2.32. The molecule has 1 aliphatic heterocycles. The van der Waals surface area contributed by atoms with Crippen LogP contribution in [-0.4, -0.2) is 34.8 Å². The van der Waals surface area contributed by atoms with Crippen molar-refractivity contribution >= 4 is 11.7 Å². The number of carboxylic acids is 1. The fourth-order valence-corrected chi connectivity index (χ4v) is 3.18. The maximum atomic E-state index is 11.2. The van der Waals surface area contributed by atoms with Crippen molar-refractivity contribution in [3.8, 4) is 5.75 Å². The zero-order valence-corrected chi connectivity index (χ0v) is 14.7. The van der Waals surface area contributed by atoms with Gasteiger partial charge in [0.1, 0.15) is 5.75 Å². The zero-order valence-electron chi connectivity index (χ0n) is 14.7. The number of carbonyl (C=O) groups is 1. The van der Waals surface area contributed by atoms with Gasteiger partial charge >= 0.3 is 5.97 Å². The Balaban J connectivity index is 1.66. The second-order valence-corrected chi connectivity index (χ2v) is 6.96. The number of piperidine rings is 1. The number of ether oxygens (including phenoxy) is 1. The van der Waals surface area contributed by atoms with Crippen LogP contribution in [-0.2, 0) is 4.79 Å². The smallest absolute Gasteiger partial charge is 0.347 e. The number of hydrogen-bond acceptors (Lipinski definition) is 4. The normalized spacial score (nSPS) is 15.8. The highest BCUT2D eigenvalue weighted by molar-refractivity contribution is 5.76. The molecule has 1 aliphatic rings. The number of rotatable bonds is 5. The molecule has 0 bridgehead atoms. The van der Waals surface area contributed by atoms with Crippen LogP contribution in [0.4, 0.5) is 5.69 Å². The summed E-state index contributed by atoms with van der Waals surface area (Å²) in [6.07, 6.45) is 5.81. The molecule has 2 heterocycles. The number of carboxylic acid groups (broad SMARTS) is 1. The lowest BCUT2D eigenvalue weighted by Gasteiger charge is -2.33. The van der Waals surface area contributed by atoms with Crippen LogP contribution in [0.2, 0.25) is 0 Å². The lowest BCUT2D eigenvalue weighted by atomic mass is 9.89. The highest BCUT2D eigenvalue weighted by atomic mass is 16.5. The first-order valence-electron chi connectivity index (χ1n) is 8.63. The topological polar surface area (TPSA) is 62.7 Å². The Kier molecular flexibility index (Phi) is 4.93. The molecule has 5 nitrogen and oxygen atoms in total. The standard InChI is InChI=1S/C20H24N2O3/c1-20(2,19(23)24)25-18-7-3-5-16(13-18)15-8-11-22(12-9-15)17-6-4-10-21-14-17/h3-7,10,13-15H,8-9,11-12H2,1-2H3,(H,23,24). The van der Waals surface area contributed by atoms with Gasteiger partial charge in [0, 0.05) is 19.3 Å². The molecule has 1 aromatic heterocycles. The van der Waals surface area contributed by atoms with Gasteiger partial charge in [0.05, 0.1) is 11.9 Å². The Hall–Kier alpha value is -2.56. The molecule has 1 aromatic carbocycles. The van der Waals surface area contributed by atoms with Gasteiger partial charge in [-0.2, -0.15) is 0 Å². The molecule has 0 radical (unpaired) electrons. The molecule has 1 N–H and O–H groups in total. The Bertz CT molecular complexity index is 723. The molecule has 5 heteroatoms. The van der Waals surface area contributed by atoms with Crippen LogP contribution in [0.3, 0.4) is 0 Å². The quantitative estimate of drug-likeness (QED) is 0.899. The molecular weight excluding hydrogens is 316 g/mol. The average Bonchev–Trinajstić information content (AvgIpc) is 2.62. The summed E-state index contributed by atoms with van der Waals surface area (Å²) in [5.41, 5.74) is 1.15. The van der Waals surface area contributed by atoms with Gasteiger partial charge < -0.3 is 14.7 Å². The third kappa shape index (κ3) is 4.10. The van der Waals surface area contributed by atoms with Gasteiger partial charge in [-0.25, -0.2) is 4.79 Å². The first kappa shape index (κ1) is 17.3. The number of benzene rings is 1. The maximum Gasteiger partial charge on any atom is 0.347 e. The number of hydrogen-bond donors (Lipinski definition) is 1. The third-order valence-electron chi connectivity index (χ3n) is 4.72. The van der Waals surface area contributed by atoms with Gasteiger partial charge in [0.2, 0.25) is 0 Å². The number of nitrogens with zero attached hydrogens (tertiary/aromatic N) is 2. The lowest BCUT2D eigenvalue weighted by Crippen LogP contribution is -2.37. The zero-order chi connectivity index (χ0) is 17.9. The van der Waals surface area contributed by atoms with Crippen LogP contribution < -0.4 is 9.64 Å². The van der Waals surface area contributed by atoms with Crippen molar-refractivity contribution < 1.29 is 14.6 Å². The summed E-state index contributed by atoms with van der Waals surface area (Å²) in [5.74, 6) is 0.103. The molecular formula is C20H24N2O3. The average molecular weight is 340 g/mol. The molecule has 25 heavy (non-hydrogen) atoms. The molecule has 3 rings (SSSR count). The van der Waals surface area contributed by atoms with Gasteiger partial charge in [0.15, 0.2) is 5.60 Å². The van der Waals surface area contributed by atoms with Crippen LogP contribution in [0.15, 0.2) is 48.8 Å². The molecule has 0 saturated carbocycles. The molecule has 132 valence electrons. The van der Waals surface area contributed by atoms with E-state index in [0.717, 1.165) is 25.9 Å². The highest BCUT2D eigenvalue weighted by Gasteiger charge is 2.29. The van der Waals surface area contributed by atoms with Gasteiger partial charge in [-0.3, -0.25) is 4.98 Å². The van der Waals surface area contributed by atoms with Crippen LogP contribution in [0.5, 0.6) is 5.75 Å². The predicted octanol–water partition coefficient (Wildman–Crippen LogP) is 3.71. The first-order valence-corrected chi connectivity index (χ1v) is 8.63. The van der Waals surface area contributed by atoms with Gasteiger partial charge in [-0.1, -0.05) is 12.1 Å². The van der Waals surface area contributed by atoms with E-state index in [0.29, 0.717) is 11.7 Å². The molecule has 0 unspecified atom stereocenters. The van der Waals surface area contributed by atoms with E-state index >= 15 is 0 Å². The van der Waals surface area contributed by atoms with Crippen molar-refractivity contribution in [2.24, 2.45) is 0 Å². The van der Waals surface area contributed by atoms with Crippen molar-refractivity contribution in [2.45, 2.75) is 38.2 Å². The van der Waals surface area contributed by atoms with Crippen LogP contribution in [0.1, 0.15) is 38.2 Å². The van der Waals surface area contributed by atoms with Crippen molar-refractivity contribution in [3.05, 3.63) is 54.4 Å². The summed E-state index contributed by atoms with van der Waals surface area (Å²) in [6, 6.07) is 11.9. The minimum absolute atomic E-state index is 0.462. The Morgan fingerprint density at radius 1 is 1.24 bits per heavy atom. The van der Waals surface area contributed by atoms with E-state index < -0.39 is 11.6 Å². The number of pyridine rings is 1. The Morgan fingerprint density at radius 2 is 2.00 bits per heavy atom.